The highest BCUT2D eigenvalue weighted by atomic mass is 32.2. The summed E-state index contributed by atoms with van der Waals surface area (Å²) in [4.78, 5) is 21.8. The number of nitro benzene ring substituents is 1. The minimum Gasteiger partial charge on any atom is -0.352 e. The van der Waals surface area contributed by atoms with E-state index in [0.717, 1.165) is 6.07 Å². The molecule has 0 radical (unpaired) electrons. The van der Waals surface area contributed by atoms with Gasteiger partial charge in [0.1, 0.15) is 0 Å². The van der Waals surface area contributed by atoms with E-state index in [1.807, 2.05) is 6.92 Å². The predicted molar refractivity (Wildman–Crippen MR) is 96.3 cm³/mol. The number of nitrogens with zero attached hydrogens (tertiary/aromatic N) is 1. The van der Waals surface area contributed by atoms with Gasteiger partial charge >= 0.3 is 0 Å². The number of hydrogen-bond donors (Lipinski definition) is 2. The monoisotopic (exact) mass is 377 g/mol. The van der Waals surface area contributed by atoms with E-state index in [0.29, 0.717) is 23.2 Å². The van der Waals surface area contributed by atoms with Crippen molar-refractivity contribution in [3.63, 3.8) is 0 Å². The number of rotatable bonds is 7. The van der Waals surface area contributed by atoms with Crippen molar-refractivity contribution in [2.24, 2.45) is 0 Å². The minimum atomic E-state index is -4.07. The van der Waals surface area contributed by atoms with Gasteiger partial charge in [0, 0.05) is 24.7 Å². The van der Waals surface area contributed by atoms with Gasteiger partial charge in [-0.3, -0.25) is 14.9 Å². The molecule has 8 nitrogen and oxygen atoms in total. The molecule has 1 amide bonds. The Balaban J connectivity index is 2.19. The van der Waals surface area contributed by atoms with Crippen LogP contribution in [-0.2, 0) is 16.6 Å². The number of hydrogen-bond acceptors (Lipinski definition) is 5. The fourth-order valence-corrected chi connectivity index (χ4v) is 3.83. The second kappa shape index (κ2) is 8.07. The van der Waals surface area contributed by atoms with Gasteiger partial charge in [-0.25, -0.2) is 13.1 Å². The van der Waals surface area contributed by atoms with Crippen molar-refractivity contribution in [1.82, 2.24) is 10.0 Å². The van der Waals surface area contributed by atoms with Gasteiger partial charge in [0.15, 0.2) is 4.90 Å². The van der Waals surface area contributed by atoms with Gasteiger partial charge in [-0.1, -0.05) is 24.3 Å². The Morgan fingerprint density at radius 3 is 2.38 bits per heavy atom. The Bertz CT molecular complexity index is 924. The minimum absolute atomic E-state index is 0.0521. The number of nitrogens with one attached hydrogen (secondary N) is 2. The van der Waals surface area contributed by atoms with E-state index in [-0.39, 0.29) is 17.3 Å². The van der Waals surface area contributed by atoms with Crippen molar-refractivity contribution in [3.8, 4) is 0 Å². The van der Waals surface area contributed by atoms with Crippen molar-refractivity contribution < 1.29 is 18.1 Å². The van der Waals surface area contributed by atoms with Crippen LogP contribution in [-0.4, -0.2) is 25.8 Å². The van der Waals surface area contributed by atoms with Crippen LogP contribution in [0.3, 0.4) is 0 Å². The first kappa shape index (κ1) is 19.5. The molecule has 26 heavy (non-hydrogen) atoms. The molecule has 0 atom stereocenters. The van der Waals surface area contributed by atoms with E-state index in [1.165, 1.54) is 19.1 Å². The molecule has 0 aromatic heterocycles. The fourth-order valence-electron chi connectivity index (χ4n) is 2.42. The molecule has 2 N–H and O–H groups in total. The van der Waals surface area contributed by atoms with Gasteiger partial charge in [0.2, 0.25) is 10.0 Å². The molecule has 0 bridgehead atoms. The van der Waals surface area contributed by atoms with E-state index in [1.54, 1.807) is 24.3 Å². The zero-order chi connectivity index (χ0) is 19.3. The summed E-state index contributed by atoms with van der Waals surface area (Å²) in [6.07, 6.45) is 0. The zero-order valence-corrected chi connectivity index (χ0v) is 15.2. The summed E-state index contributed by atoms with van der Waals surface area (Å²) in [6.45, 7) is 3.77. The maximum atomic E-state index is 12.5. The molecule has 2 aromatic rings. The number of carbonyl (C=O) groups excluding carboxylic acids is 1. The summed E-state index contributed by atoms with van der Waals surface area (Å²) in [6, 6.07) is 10.5. The molecular weight excluding hydrogens is 358 g/mol. The molecule has 138 valence electrons. The van der Waals surface area contributed by atoms with Gasteiger partial charge in [0.05, 0.1) is 4.92 Å². The number of aryl methyl sites for hydroxylation is 1. The molecule has 0 aliphatic heterocycles. The average molecular weight is 377 g/mol. The molecule has 0 saturated heterocycles. The van der Waals surface area contributed by atoms with Crippen LogP contribution in [0.2, 0.25) is 0 Å². The van der Waals surface area contributed by atoms with Crippen molar-refractivity contribution in [1.29, 1.82) is 0 Å². The molecule has 0 saturated carbocycles. The first-order valence-corrected chi connectivity index (χ1v) is 9.35. The SMILES string of the molecule is CCNC(=O)c1ccc(CNS(=O)(=O)c2c(C)cccc2[N+](=O)[O-])cc1. The van der Waals surface area contributed by atoms with Crippen LogP contribution in [0, 0.1) is 17.0 Å². The van der Waals surface area contributed by atoms with Crippen molar-refractivity contribution >= 4 is 21.6 Å². The highest BCUT2D eigenvalue weighted by Crippen LogP contribution is 2.26. The fraction of sp³-hybridized carbons (Fsp3) is 0.235. The highest BCUT2D eigenvalue weighted by molar-refractivity contribution is 7.89. The van der Waals surface area contributed by atoms with Crippen LogP contribution in [0.1, 0.15) is 28.4 Å². The van der Waals surface area contributed by atoms with Crippen LogP contribution in [0.5, 0.6) is 0 Å². The van der Waals surface area contributed by atoms with Crippen LogP contribution >= 0.6 is 0 Å². The lowest BCUT2D eigenvalue weighted by Gasteiger charge is -2.10. The molecule has 0 fully saturated rings. The normalized spacial score (nSPS) is 11.2. The lowest BCUT2D eigenvalue weighted by atomic mass is 10.1. The molecule has 0 unspecified atom stereocenters. The van der Waals surface area contributed by atoms with E-state index < -0.39 is 20.6 Å². The molecule has 9 heteroatoms. The summed E-state index contributed by atoms with van der Waals surface area (Å²) in [5.41, 5.74) is 0.910. The van der Waals surface area contributed by atoms with Crippen LogP contribution < -0.4 is 10.0 Å². The van der Waals surface area contributed by atoms with E-state index in [9.17, 15) is 23.3 Å². The quantitative estimate of drug-likeness (QED) is 0.566. The first-order valence-electron chi connectivity index (χ1n) is 7.87. The standard InChI is InChI=1S/C17H19N3O5S/c1-3-18-17(21)14-9-7-13(8-10-14)11-19-26(24,25)16-12(2)5-4-6-15(16)20(22)23/h4-10,19H,3,11H2,1-2H3,(H,18,21). The summed E-state index contributed by atoms with van der Waals surface area (Å²) in [7, 11) is -4.07. The second-order valence-corrected chi connectivity index (χ2v) is 7.26. The number of benzene rings is 2. The van der Waals surface area contributed by atoms with E-state index >= 15 is 0 Å². The van der Waals surface area contributed by atoms with Crippen LogP contribution in [0.15, 0.2) is 47.4 Å². The average Bonchev–Trinajstić information content (AvgIpc) is 2.60. The van der Waals surface area contributed by atoms with Crippen LogP contribution in [0.4, 0.5) is 5.69 Å². The Hall–Kier alpha value is -2.78. The van der Waals surface area contributed by atoms with Gasteiger partial charge < -0.3 is 5.32 Å². The number of nitro groups is 1. The second-order valence-electron chi connectivity index (χ2n) is 5.56. The molecule has 0 aliphatic rings. The lowest BCUT2D eigenvalue weighted by Crippen LogP contribution is -2.25. The number of sulfonamides is 1. The summed E-state index contributed by atoms with van der Waals surface area (Å²) in [5.74, 6) is -0.213. The Morgan fingerprint density at radius 2 is 1.81 bits per heavy atom. The number of amides is 1. The third-order valence-electron chi connectivity index (χ3n) is 3.68. The molecule has 2 rings (SSSR count). The Morgan fingerprint density at radius 1 is 1.15 bits per heavy atom. The molecule has 0 aliphatic carbocycles. The molecular formula is C17H19N3O5S. The summed E-state index contributed by atoms with van der Waals surface area (Å²) >= 11 is 0. The largest absolute Gasteiger partial charge is 0.352 e. The van der Waals surface area contributed by atoms with E-state index in [4.69, 9.17) is 0 Å². The van der Waals surface area contributed by atoms with Gasteiger partial charge in [-0.2, -0.15) is 0 Å². The topological polar surface area (TPSA) is 118 Å². The predicted octanol–water partition coefficient (Wildman–Crippen LogP) is 2.13. The Labute approximate surface area is 151 Å². The Kier molecular flexibility index (Phi) is 6.06. The zero-order valence-electron chi connectivity index (χ0n) is 14.4. The van der Waals surface area contributed by atoms with Crippen molar-refractivity contribution in [2.45, 2.75) is 25.3 Å². The molecule has 0 heterocycles. The third-order valence-corrected chi connectivity index (χ3v) is 5.27. The molecule has 0 spiro atoms. The third kappa shape index (κ3) is 4.44. The van der Waals surface area contributed by atoms with Gasteiger partial charge in [0.25, 0.3) is 11.6 Å². The maximum absolute atomic E-state index is 12.5. The molecule has 2 aromatic carbocycles. The first-order chi connectivity index (χ1) is 12.3. The lowest BCUT2D eigenvalue weighted by molar-refractivity contribution is -0.387. The van der Waals surface area contributed by atoms with Crippen molar-refractivity contribution in [2.75, 3.05) is 6.54 Å². The summed E-state index contributed by atoms with van der Waals surface area (Å²) < 4.78 is 27.4. The van der Waals surface area contributed by atoms with Crippen molar-refractivity contribution in [3.05, 3.63) is 69.3 Å². The van der Waals surface area contributed by atoms with E-state index in [2.05, 4.69) is 10.0 Å². The van der Waals surface area contributed by atoms with Gasteiger partial charge in [-0.15, -0.1) is 0 Å². The van der Waals surface area contributed by atoms with Gasteiger partial charge in [-0.05, 0) is 37.1 Å². The van der Waals surface area contributed by atoms with Crippen LogP contribution in [0.25, 0.3) is 0 Å². The smallest absolute Gasteiger partial charge is 0.289 e. The summed E-state index contributed by atoms with van der Waals surface area (Å²) in [5, 5.41) is 13.8. The number of carbonyl (C=O) groups is 1. The highest BCUT2D eigenvalue weighted by Gasteiger charge is 2.27. The maximum Gasteiger partial charge on any atom is 0.289 e.